The molecule has 18 heavy (non-hydrogen) atoms. The zero-order valence-electron chi connectivity index (χ0n) is 9.54. The molecule has 6 nitrogen and oxygen atoms in total. The van der Waals surface area contributed by atoms with E-state index in [1.54, 1.807) is 17.0 Å². The number of pyridine rings is 1. The third-order valence-electron chi connectivity index (χ3n) is 2.27. The summed E-state index contributed by atoms with van der Waals surface area (Å²) in [5.41, 5.74) is 0.543. The maximum Gasteiger partial charge on any atom is 0.305 e. The minimum atomic E-state index is -0.949. The average molecular weight is 273 g/mol. The first-order valence-electron chi connectivity index (χ1n) is 5.29. The van der Waals surface area contributed by atoms with E-state index >= 15 is 0 Å². The fourth-order valence-corrected chi connectivity index (χ4v) is 1.67. The zero-order valence-corrected chi connectivity index (χ0v) is 10.3. The molecule has 0 spiro atoms. The summed E-state index contributed by atoms with van der Waals surface area (Å²) in [5, 5.41) is 17.6. The minimum absolute atomic E-state index is 0.0924. The highest BCUT2D eigenvalue weighted by molar-refractivity contribution is 6.32. The molecule has 0 bridgehead atoms. The molecule has 1 heterocycles. The Kier molecular flexibility index (Phi) is 5.38. The SMILES string of the molecule is O=C(O)CCN(CCC(=O)O)c1cccnc1Cl. The van der Waals surface area contributed by atoms with Crippen molar-refractivity contribution in [3.8, 4) is 0 Å². The van der Waals surface area contributed by atoms with Crippen LogP contribution in [0.3, 0.4) is 0 Å². The van der Waals surface area contributed by atoms with Crippen molar-refractivity contribution in [2.45, 2.75) is 12.8 Å². The molecule has 0 amide bonds. The topological polar surface area (TPSA) is 90.7 Å². The van der Waals surface area contributed by atoms with Crippen LogP contribution in [0.25, 0.3) is 0 Å². The molecule has 2 N–H and O–H groups in total. The van der Waals surface area contributed by atoms with E-state index in [1.807, 2.05) is 0 Å². The Hall–Kier alpha value is -1.82. The number of carboxylic acid groups (broad SMARTS) is 2. The third kappa shape index (κ3) is 4.58. The van der Waals surface area contributed by atoms with Crippen molar-refractivity contribution in [2.75, 3.05) is 18.0 Å². The Bertz CT molecular complexity index is 421. The van der Waals surface area contributed by atoms with E-state index in [0.717, 1.165) is 0 Å². The van der Waals surface area contributed by atoms with Crippen LogP contribution >= 0.6 is 11.6 Å². The summed E-state index contributed by atoms with van der Waals surface area (Å²) in [6.07, 6.45) is 1.33. The van der Waals surface area contributed by atoms with Crippen LogP contribution in [0.1, 0.15) is 12.8 Å². The van der Waals surface area contributed by atoms with Gasteiger partial charge in [0, 0.05) is 19.3 Å². The van der Waals surface area contributed by atoms with Crippen molar-refractivity contribution >= 4 is 29.2 Å². The molecule has 0 aliphatic heterocycles. The second kappa shape index (κ2) is 6.80. The molecule has 0 aromatic carbocycles. The Labute approximate surface area is 109 Å². The largest absolute Gasteiger partial charge is 0.481 e. The number of hydrogen-bond acceptors (Lipinski definition) is 4. The summed E-state index contributed by atoms with van der Waals surface area (Å²) < 4.78 is 0. The molecule has 1 rings (SSSR count). The van der Waals surface area contributed by atoms with Gasteiger partial charge in [-0.3, -0.25) is 9.59 Å². The lowest BCUT2D eigenvalue weighted by atomic mass is 10.3. The van der Waals surface area contributed by atoms with Crippen molar-refractivity contribution < 1.29 is 19.8 Å². The average Bonchev–Trinajstić information content (AvgIpc) is 2.30. The predicted octanol–water partition coefficient (Wildman–Crippen LogP) is 1.49. The predicted molar refractivity (Wildman–Crippen MR) is 66.0 cm³/mol. The van der Waals surface area contributed by atoms with Gasteiger partial charge in [-0.25, -0.2) is 4.98 Å². The molecule has 1 aromatic heterocycles. The second-order valence-electron chi connectivity index (χ2n) is 3.59. The molecular weight excluding hydrogens is 260 g/mol. The highest BCUT2D eigenvalue weighted by Gasteiger charge is 2.13. The van der Waals surface area contributed by atoms with Crippen molar-refractivity contribution in [1.82, 2.24) is 4.98 Å². The van der Waals surface area contributed by atoms with Crippen LogP contribution in [-0.4, -0.2) is 40.2 Å². The molecule has 0 saturated carbocycles. The van der Waals surface area contributed by atoms with Gasteiger partial charge < -0.3 is 15.1 Å². The van der Waals surface area contributed by atoms with Gasteiger partial charge in [-0.2, -0.15) is 0 Å². The smallest absolute Gasteiger partial charge is 0.305 e. The molecule has 0 aliphatic carbocycles. The standard InChI is InChI=1S/C11H13ClN2O4/c12-11-8(2-1-5-13-11)14(6-3-9(15)16)7-4-10(17)18/h1-2,5H,3-4,6-7H2,(H,15,16)(H,17,18). The van der Waals surface area contributed by atoms with E-state index in [2.05, 4.69) is 4.98 Å². The van der Waals surface area contributed by atoms with E-state index in [9.17, 15) is 9.59 Å². The van der Waals surface area contributed by atoms with Crippen LogP contribution in [0.5, 0.6) is 0 Å². The van der Waals surface area contributed by atoms with Crippen molar-refractivity contribution in [3.63, 3.8) is 0 Å². The number of aliphatic carboxylic acids is 2. The highest BCUT2D eigenvalue weighted by atomic mass is 35.5. The summed E-state index contributed by atoms with van der Waals surface area (Å²) in [6, 6.07) is 3.34. The maximum atomic E-state index is 10.6. The van der Waals surface area contributed by atoms with Gasteiger partial charge in [0.15, 0.2) is 5.15 Å². The summed E-state index contributed by atoms with van der Waals surface area (Å²) in [6.45, 7) is 0.377. The van der Waals surface area contributed by atoms with E-state index in [-0.39, 0.29) is 31.1 Å². The van der Waals surface area contributed by atoms with Gasteiger partial charge in [0.25, 0.3) is 0 Å². The van der Waals surface area contributed by atoms with Crippen LogP contribution in [-0.2, 0) is 9.59 Å². The van der Waals surface area contributed by atoms with Gasteiger partial charge >= 0.3 is 11.9 Å². The molecule has 7 heteroatoms. The highest BCUT2D eigenvalue weighted by Crippen LogP contribution is 2.23. The Morgan fingerprint density at radius 1 is 1.22 bits per heavy atom. The van der Waals surface area contributed by atoms with Crippen LogP contribution in [0.2, 0.25) is 5.15 Å². The minimum Gasteiger partial charge on any atom is -0.481 e. The van der Waals surface area contributed by atoms with Crippen LogP contribution in [0, 0.1) is 0 Å². The van der Waals surface area contributed by atoms with E-state index in [1.165, 1.54) is 6.20 Å². The molecule has 0 atom stereocenters. The Morgan fingerprint density at radius 2 is 1.78 bits per heavy atom. The number of carboxylic acids is 2. The molecule has 0 aliphatic rings. The van der Waals surface area contributed by atoms with Gasteiger partial charge in [-0.1, -0.05) is 11.6 Å². The zero-order chi connectivity index (χ0) is 13.5. The first-order valence-corrected chi connectivity index (χ1v) is 5.67. The van der Waals surface area contributed by atoms with Crippen LogP contribution in [0.4, 0.5) is 5.69 Å². The van der Waals surface area contributed by atoms with E-state index in [4.69, 9.17) is 21.8 Å². The molecule has 0 fully saturated rings. The molecule has 98 valence electrons. The molecule has 0 saturated heterocycles. The lowest BCUT2D eigenvalue weighted by Crippen LogP contribution is -2.29. The van der Waals surface area contributed by atoms with Crippen molar-refractivity contribution in [1.29, 1.82) is 0 Å². The molecular formula is C11H13ClN2O4. The summed E-state index contributed by atoms with van der Waals surface area (Å²) in [5.74, 6) is -1.90. The molecule has 0 radical (unpaired) electrons. The number of hydrogen-bond donors (Lipinski definition) is 2. The Morgan fingerprint density at radius 3 is 2.22 bits per heavy atom. The van der Waals surface area contributed by atoms with Crippen LogP contribution < -0.4 is 4.90 Å². The van der Waals surface area contributed by atoms with Crippen molar-refractivity contribution in [2.24, 2.45) is 0 Å². The fourth-order valence-electron chi connectivity index (χ4n) is 1.43. The summed E-state index contributed by atoms with van der Waals surface area (Å²) in [4.78, 5) is 26.6. The Balaban J connectivity index is 2.79. The first kappa shape index (κ1) is 14.2. The number of halogens is 1. The number of rotatable bonds is 7. The van der Waals surface area contributed by atoms with Gasteiger partial charge in [-0.05, 0) is 12.1 Å². The van der Waals surface area contributed by atoms with Crippen LogP contribution in [0.15, 0.2) is 18.3 Å². The van der Waals surface area contributed by atoms with Gasteiger partial charge in [0.05, 0.1) is 18.5 Å². The summed E-state index contributed by atoms with van der Waals surface area (Å²) >= 11 is 5.90. The number of aromatic nitrogens is 1. The second-order valence-corrected chi connectivity index (χ2v) is 3.95. The molecule has 0 unspecified atom stereocenters. The first-order chi connectivity index (χ1) is 8.50. The van der Waals surface area contributed by atoms with Gasteiger partial charge in [0.2, 0.25) is 0 Å². The van der Waals surface area contributed by atoms with Crippen molar-refractivity contribution in [3.05, 3.63) is 23.5 Å². The monoisotopic (exact) mass is 272 g/mol. The number of nitrogens with zero attached hydrogens (tertiary/aromatic N) is 2. The summed E-state index contributed by atoms with van der Waals surface area (Å²) in [7, 11) is 0. The lowest BCUT2D eigenvalue weighted by Gasteiger charge is -2.23. The van der Waals surface area contributed by atoms with E-state index in [0.29, 0.717) is 5.69 Å². The fraction of sp³-hybridized carbons (Fsp3) is 0.364. The van der Waals surface area contributed by atoms with Gasteiger partial charge in [0.1, 0.15) is 0 Å². The molecule has 1 aromatic rings. The quantitative estimate of drug-likeness (QED) is 0.731. The number of carbonyl (C=O) groups is 2. The van der Waals surface area contributed by atoms with Gasteiger partial charge in [-0.15, -0.1) is 0 Å². The maximum absolute atomic E-state index is 10.6. The lowest BCUT2D eigenvalue weighted by molar-refractivity contribution is -0.137. The number of anilines is 1. The third-order valence-corrected chi connectivity index (χ3v) is 2.56. The normalized spacial score (nSPS) is 10.1. The van der Waals surface area contributed by atoms with E-state index < -0.39 is 11.9 Å².